The molecule has 0 radical (unpaired) electrons. The summed E-state index contributed by atoms with van der Waals surface area (Å²) in [6, 6.07) is 7.96. The summed E-state index contributed by atoms with van der Waals surface area (Å²) in [4.78, 5) is 8.12. The molecule has 0 bridgehead atoms. The highest BCUT2D eigenvalue weighted by atomic mass is 35.5. The minimum absolute atomic E-state index is 0.203. The highest BCUT2D eigenvalue weighted by molar-refractivity contribution is 6.28. The van der Waals surface area contributed by atoms with Crippen molar-refractivity contribution in [3.8, 4) is 11.6 Å². The van der Waals surface area contributed by atoms with Crippen molar-refractivity contribution in [2.75, 3.05) is 0 Å². The van der Waals surface area contributed by atoms with E-state index < -0.39 is 0 Å². The Morgan fingerprint density at radius 3 is 2.47 bits per heavy atom. The topological polar surface area (TPSA) is 35.0 Å². The zero-order valence-corrected chi connectivity index (χ0v) is 12.3. The van der Waals surface area contributed by atoms with E-state index in [0.717, 1.165) is 22.6 Å². The van der Waals surface area contributed by atoms with E-state index >= 15 is 0 Å². The van der Waals surface area contributed by atoms with E-state index in [1.165, 1.54) is 0 Å². The molecule has 0 aliphatic rings. The number of nitrogens with zero attached hydrogens (tertiary/aromatic N) is 2. The fourth-order valence-electron chi connectivity index (χ4n) is 1.88. The quantitative estimate of drug-likeness (QED) is 0.765. The van der Waals surface area contributed by atoms with E-state index in [-0.39, 0.29) is 5.28 Å². The minimum atomic E-state index is 0.203. The van der Waals surface area contributed by atoms with Gasteiger partial charge in [0, 0.05) is 11.8 Å². The predicted molar refractivity (Wildman–Crippen MR) is 77.1 cm³/mol. The molecule has 0 unspecified atom stereocenters. The third-order valence-corrected chi connectivity index (χ3v) is 2.98. The molecule has 0 spiro atoms. The molecule has 1 aromatic carbocycles. The Balaban J connectivity index is 2.39. The zero-order chi connectivity index (χ0) is 14.0. The highest BCUT2D eigenvalue weighted by Crippen LogP contribution is 2.31. The minimum Gasteiger partial charge on any atom is -0.439 e. The SMILES string of the molecule is Cc1ccc(C(C)C)c(Oc2cc(C)nc(Cl)n2)c1. The lowest BCUT2D eigenvalue weighted by Crippen LogP contribution is -1.97. The summed E-state index contributed by atoms with van der Waals surface area (Å²) in [6.07, 6.45) is 0. The van der Waals surface area contributed by atoms with Gasteiger partial charge in [-0.05, 0) is 48.6 Å². The van der Waals surface area contributed by atoms with Crippen molar-refractivity contribution in [2.45, 2.75) is 33.6 Å². The molecule has 4 heteroatoms. The molecule has 0 saturated carbocycles. The maximum Gasteiger partial charge on any atom is 0.225 e. The van der Waals surface area contributed by atoms with Crippen LogP contribution < -0.4 is 4.74 Å². The second kappa shape index (κ2) is 5.57. The second-order valence-corrected chi connectivity index (χ2v) is 5.25. The van der Waals surface area contributed by atoms with E-state index in [2.05, 4.69) is 35.9 Å². The van der Waals surface area contributed by atoms with Gasteiger partial charge in [-0.25, -0.2) is 4.98 Å². The lowest BCUT2D eigenvalue weighted by Gasteiger charge is -2.14. The van der Waals surface area contributed by atoms with E-state index in [9.17, 15) is 0 Å². The molecular formula is C15H17ClN2O. The van der Waals surface area contributed by atoms with E-state index in [4.69, 9.17) is 16.3 Å². The molecule has 0 saturated heterocycles. The van der Waals surface area contributed by atoms with Gasteiger partial charge in [-0.2, -0.15) is 4.98 Å². The van der Waals surface area contributed by atoms with Crippen molar-refractivity contribution in [1.29, 1.82) is 0 Å². The van der Waals surface area contributed by atoms with Gasteiger partial charge in [-0.3, -0.25) is 0 Å². The van der Waals surface area contributed by atoms with Gasteiger partial charge in [0.05, 0.1) is 0 Å². The van der Waals surface area contributed by atoms with Crippen molar-refractivity contribution in [1.82, 2.24) is 9.97 Å². The van der Waals surface area contributed by atoms with Crippen LogP contribution >= 0.6 is 11.6 Å². The van der Waals surface area contributed by atoms with E-state index in [1.54, 1.807) is 6.07 Å². The molecule has 100 valence electrons. The standard InChI is InChI=1S/C15H17ClN2O/c1-9(2)12-6-5-10(3)7-13(12)19-14-8-11(4)17-15(16)18-14/h5-9H,1-4H3. The molecule has 0 aliphatic heterocycles. The highest BCUT2D eigenvalue weighted by Gasteiger charge is 2.10. The third kappa shape index (κ3) is 3.44. The summed E-state index contributed by atoms with van der Waals surface area (Å²) in [5.74, 6) is 1.68. The van der Waals surface area contributed by atoms with Crippen LogP contribution in [0.5, 0.6) is 11.6 Å². The first kappa shape index (κ1) is 13.8. The molecule has 3 nitrogen and oxygen atoms in total. The number of aryl methyl sites for hydroxylation is 2. The van der Waals surface area contributed by atoms with Gasteiger partial charge in [-0.1, -0.05) is 26.0 Å². The first-order chi connectivity index (χ1) is 8.95. The molecular weight excluding hydrogens is 260 g/mol. The number of hydrogen-bond acceptors (Lipinski definition) is 3. The Hall–Kier alpha value is -1.61. The summed E-state index contributed by atoms with van der Waals surface area (Å²) in [6.45, 7) is 8.17. The van der Waals surface area contributed by atoms with Gasteiger partial charge < -0.3 is 4.74 Å². The van der Waals surface area contributed by atoms with Gasteiger partial charge in [0.25, 0.3) is 0 Å². The average molecular weight is 277 g/mol. The number of halogens is 1. The predicted octanol–water partition coefficient (Wildman–Crippen LogP) is 4.66. The third-order valence-electron chi connectivity index (χ3n) is 2.81. The molecule has 0 N–H and O–H groups in total. The fourth-order valence-corrected chi connectivity index (χ4v) is 2.09. The summed E-state index contributed by atoms with van der Waals surface area (Å²) in [7, 11) is 0. The summed E-state index contributed by atoms with van der Waals surface area (Å²) >= 11 is 5.85. The van der Waals surface area contributed by atoms with Crippen molar-refractivity contribution < 1.29 is 4.74 Å². The molecule has 2 rings (SSSR count). The zero-order valence-electron chi connectivity index (χ0n) is 11.6. The molecule has 0 aliphatic carbocycles. The molecule has 1 aromatic heterocycles. The van der Waals surface area contributed by atoms with Crippen LogP contribution in [0.15, 0.2) is 24.3 Å². The van der Waals surface area contributed by atoms with Crippen LogP contribution in [-0.2, 0) is 0 Å². The van der Waals surface area contributed by atoms with Crippen molar-refractivity contribution in [3.05, 3.63) is 46.4 Å². The second-order valence-electron chi connectivity index (χ2n) is 4.91. The Bertz CT molecular complexity index is 576. The fraction of sp³-hybridized carbons (Fsp3) is 0.333. The first-order valence-corrected chi connectivity index (χ1v) is 6.63. The lowest BCUT2D eigenvalue weighted by molar-refractivity contribution is 0.452. The van der Waals surface area contributed by atoms with Gasteiger partial charge in [-0.15, -0.1) is 0 Å². The number of aromatic nitrogens is 2. The van der Waals surface area contributed by atoms with Crippen LogP contribution in [0.2, 0.25) is 5.28 Å². The smallest absolute Gasteiger partial charge is 0.225 e. The number of rotatable bonds is 3. The molecule has 0 fully saturated rings. The van der Waals surface area contributed by atoms with Crippen LogP contribution in [-0.4, -0.2) is 9.97 Å². The largest absolute Gasteiger partial charge is 0.439 e. The summed E-state index contributed by atoms with van der Waals surface area (Å²) < 4.78 is 5.88. The van der Waals surface area contributed by atoms with E-state index in [1.807, 2.05) is 19.9 Å². The van der Waals surface area contributed by atoms with Crippen molar-refractivity contribution >= 4 is 11.6 Å². The number of hydrogen-bond donors (Lipinski definition) is 0. The van der Waals surface area contributed by atoms with E-state index in [0.29, 0.717) is 11.8 Å². The normalized spacial score (nSPS) is 10.8. The number of benzene rings is 1. The van der Waals surface area contributed by atoms with Crippen LogP contribution in [0, 0.1) is 13.8 Å². The van der Waals surface area contributed by atoms with Crippen LogP contribution in [0.1, 0.15) is 36.6 Å². The Kier molecular flexibility index (Phi) is 4.05. The first-order valence-electron chi connectivity index (χ1n) is 6.25. The van der Waals surface area contributed by atoms with Gasteiger partial charge in [0.1, 0.15) is 5.75 Å². The van der Waals surface area contributed by atoms with Gasteiger partial charge in [0.2, 0.25) is 11.2 Å². The Morgan fingerprint density at radius 2 is 1.84 bits per heavy atom. The average Bonchev–Trinajstić information content (AvgIpc) is 2.26. The summed E-state index contributed by atoms with van der Waals surface area (Å²) in [5, 5.41) is 0.203. The maximum atomic E-state index is 5.88. The maximum absolute atomic E-state index is 5.88. The number of ether oxygens (including phenoxy) is 1. The van der Waals surface area contributed by atoms with Gasteiger partial charge in [0.15, 0.2) is 0 Å². The molecule has 19 heavy (non-hydrogen) atoms. The lowest BCUT2D eigenvalue weighted by atomic mass is 10.0. The van der Waals surface area contributed by atoms with Gasteiger partial charge >= 0.3 is 0 Å². The Morgan fingerprint density at radius 1 is 1.11 bits per heavy atom. The Labute approximate surface area is 118 Å². The van der Waals surface area contributed by atoms with Crippen LogP contribution in [0.25, 0.3) is 0 Å². The van der Waals surface area contributed by atoms with Crippen molar-refractivity contribution in [3.63, 3.8) is 0 Å². The molecule has 2 aromatic rings. The van der Waals surface area contributed by atoms with Crippen LogP contribution in [0.3, 0.4) is 0 Å². The summed E-state index contributed by atoms with van der Waals surface area (Å²) in [5.41, 5.74) is 3.09. The van der Waals surface area contributed by atoms with Crippen molar-refractivity contribution in [2.24, 2.45) is 0 Å². The molecule has 1 heterocycles. The van der Waals surface area contributed by atoms with Crippen LogP contribution in [0.4, 0.5) is 0 Å². The monoisotopic (exact) mass is 276 g/mol. The molecule has 0 atom stereocenters. The molecule has 0 amide bonds.